The zero-order valence-corrected chi connectivity index (χ0v) is 18.5. The van der Waals surface area contributed by atoms with Crippen molar-refractivity contribution in [3.05, 3.63) is 53.6 Å². The molecule has 1 heterocycles. The average Bonchev–Trinajstić information content (AvgIpc) is 2.76. The number of carbonyl (C=O) groups is 3. The van der Waals surface area contributed by atoms with Gasteiger partial charge in [0.25, 0.3) is 11.8 Å². The minimum absolute atomic E-state index is 0.125. The van der Waals surface area contributed by atoms with Gasteiger partial charge in [0.05, 0.1) is 5.69 Å². The van der Waals surface area contributed by atoms with E-state index in [9.17, 15) is 14.4 Å². The van der Waals surface area contributed by atoms with Gasteiger partial charge in [0.15, 0.2) is 6.61 Å². The van der Waals surface area contributed by atoms with Crippen LogP contribution in [0.3, 0.4) is 0 Å². The molecule has 0 atom stereocenters. The lowest BCUT2D eigenvalue weighted by Gasteiger charge is -2.29. The Labute approximate surface area is 183 Å². The van der Waals surface area contributed by atoms with Crippen molar-refractivity contribution in [2.75, 3.05) is 36.5 Å². The summed E-state index contributed by atoms with van der Waals surface area (Å²) in [5, 5.41) is 2.83. The molecule has 0 bridgehead atoms. The van der Waals surface area contributed by atoms with Gasteiger partial charge in [0, 0.05) is 24.3 Å². The van der Waals surface area contributed by atoms with E-state index in [4.69, 9.17) is 4.74 Å². The molecular weight excluding hydrogens is 394 g/mol. The molecule has 1 aliphatic rings. The molecule has 0 saturated carbocycles. The van der Waals surface area contributed by atoms with Gasteiger partial charge in [-0.25, -0.2) is 0 Å². The third-order valence-corrected chi connectivity index (χ3v) is 5.36. The smallest absolute Gasteiger partial charge is 0.265 e. The monoisotopic (exact) mass is 423 g/mol. The normalized spacial score (nSPS) is 12.9. The first-order valence-electron chi connectivity index (χ1n) is 10.6. The first-order valence-corrected chi connectivity index (χ1v) is 10.6. The Morgan fingerprint density at radius 3 is 2.39 bits per heavy atom. The Kier molecular flexibility index (Phi) is 6.95. The molecule has 0 aromatic heterocycles. The molecule has 0 aliphatic carbocycles. The standard InChI is InChI=1S/C24H29N3O4/c1-5-26(6-2)24(30)18-9-12-21-20(13-18)27(23(29)15-31-21)14-22(28)25-19-10-7-17(8-11-19)16(3)4/h7-13,16H,5-6,14-15H2,1-4H3,(H,25,28). The summed E-state index contributed by atoms with van der Waals surface area (Å²) in [5.41, 5.74) is 2.73. The summed E-state index contributed by atoms with van der Waals surface area (Å²) in [6, 6.07) is 12.6. The summed E-state index contributed by atoms with van der Waals surface area (Å²) in [6.07, 6.45) is 0. The molecule has 0 fully saturated rings. The maximum atomic E-state index is 12.7. The maximum Gasteiger partial charge on any atom is 0.265 e. The minimum atomic E-state index is -0.328. The molecule has 0 spiro atoms. The van der Waals surface area contributed by atoms with Gasteiger partial charge < -0.3 is 15.0 Å². The lowest BCUT2D eigenvalue weighted by atomic mass is 10.0. The van der Waals surface area contributed by atoms with Crippen LogP contribution < -0.4 is 15.0 Å². The van der Waals surface area contributed by atoms with Gasteiger partial charge in [-0.15, -0.1) is 0 Å². The van der Waals surface area contributed by atoms with Crippen molar-refractivity contribution in [2.45, 2.75) is 33.6 Å². The molecule has 0 unspecified atom stereocenters. The molecule has 2 aromatic carbocycles. The minimum Gasteiger partial charge on any atom is -0.482 e. The highest BCUT2D eigenvalue weighted by atomic mass is 16.5. The van der Waals surface area contributed by atoms with Crippen LogP contribution in [0.25, 0.3) is 0 Å². The fourth-order valence-corrected chi connectivity index (χ4v) is 3.50. The fraction of sp³-hybridized carbons (Fsp3) is 0.375. The summed E-state index contributed by atoms with van der Waals surface area (Å²) in [5.74, 6) is 0.106. The lowest BCUT2D eigenvalue weighted by Crippen LogP contribution is -2.43. The number of ether oxygens (including phenoxy) is 1. The molecule has 2 aromatic rings. The SMILES string of the molecule is CCN(CC)C(=O)c1ccc2c(c1)N(CC(=O)Nc1ccc(C(C)C)cc1)C(=O)CO2. The van der Waals surface area contributed by atoms with Crippen LogP contribution in [-0.4, -0.2) is 48.9 Å². The third kappa shape index (κ3) is 5.05. The number of nitrogens with one attached hydrogen (secondary N) is 1. The molecule has 0 saturated heterocycles. The van der Waals surface area contributed by atoms with Crippen LogP contribution in [0.2, 0.25) is 0 Å². The fourth-order valence-electron chi connectivity index (χ4n) is 3.50. The van der Waals surface area contributed by atoms with Crippen molar-refractivity contribution in [2.24, 2.45) is 0 Å². The predicted molar refractivity (Wildman–Crippen MR) is 121 cm³/mol. The Bertz CT molecular complexity index is 965. The molecular formula is C24H29N3O4. The number of nitrogens with zero attached hydrogens (tertiary/aromatic N) is 2. The molecule has 31 heavy (non-hydrogen) atoms. The summed E-state index contributed by atoms with van der Waals surface area (Å²) in [4.78, 5) is 41.0. The van der Waals surface area contributed by atoms with Crippen molar-refractivity contribution in [3.8, 4) is 5.75 Å². The second-order valence-corrected chi connectivity index (χ2v) is 7.75. The highest BCUT2D eigenvalue weighted by Gasteiger charge is 2.29. The van der Waals surface area contributed by atoms with E-state index in [1.165, 1.54) is 10.5 Å². The van der Waals surface area contributed by atoms with E-state index in [1.807, 2.05) is 38.1 Å². The first-order chi connectivity index (χ1) is 14.8. The molecule has 7 heteroatoms. The van der Waals surface area contributed by atoms with E-state index in [-0.39, 0.29) is 30.9 Å². The maximum absolute atomic E-state index is 12.7. The second-order valence-electron chi connectivity index (χ2n) is 7.75. The Morgan fingerprint density at radius 1 is 1.10 bits per heavy atom. The summed E-state index contributed by atoms with van der Waals surface area (Å²) < 4.78 is 5.50. The van der Waals surface area contributed by atoms with Crippen LogP contribution >= 0.6 is 0 Å². The van der Waals surface area contributed by atoms with E-state index >= 15 is 0 Å². The molecule has 3 rings (SSSR count). The van der Waals surface area contributed by atoms with Crippen LogP contribution in [0.4, 0.5) is 11.4 Å². The van der Waals surface area contributed by atoms with E-state index in [1.54, 1.807) is 23.1 Å². The number of hydrogen-bond donors (Lipinski definition) is 1. The van der Waals surface area contributed by atoms with Crippen LogP contribution in [0.5, 0.6) is 5.75 Å². The molecule has 7 nitrogen and oxygen atoms in total. The topological polar surface area (TPSA) is 79.0 Å². The van der Waals surface area contributed by atoms with Crippen molar-refractivity contribution in [1.29, 1.82) is 0 Å². The molecule has 1 N–H and O–H groups in total. The quantitative estimate of drug-likeness (QED) is 0.737. The number of rotatable bonds is 7. The van der Waals surface area contributed by atoms with E-state index in [0.29, 0.717) is 41.7 Å². The zero-order valence-electron chi connectivity index (χ0n) is 18.5. The molecule has 164 valence electrons. The van der Waals surface area contributed by atoms with Crippen LogP contribution in [0, 0.1) is 0 Å². The zero-order chi connectivity index (χ0) is 22.5. The largest absolute Gasteiger partial charge is 0.482 e. The Hall–Kier alpha value is -3.35. The van der Waals surface area contributed by atoms with E-state index < -0.39 is 0 Å². The lowest BCUT2D eigenvalue weighted by molar-refractivity contribution is -0.123. The van der Waals surface area contributed by atoms with Gasteiger partial charge in [-0.3, -0.25) is 19.3 Å². The Balaban J connectivity index is 1.79. The van der Waals surface area contributed by atoms with Crippen molar-refractivity contribution in [1.82, 2.24) is 4.90 Å². The van der Waals surface area contributed by atoms with Crippen LogP contribution in [-0.2, 0) is 9.59 Å². The molecule has 3 amide bonds. The van der Waals surface area contributed by atoms with E-state index in [0.717, 1.165) is 0 Å². The summed E-state index contributed by atoms with van der Waals surface area (Å²) in [6.45, 7) is 8.90. The van der Waals surface area contributed by atoms with Crippen LogP contribution in [0.1, 0.15) is 49.5 Å². The van der Waals surface area contributed by atoms with Crippen LogP contribution in [0.15, 0.2) is 42.5 Å². The predicted octanol–water partition coefficient (Wildman–Crippen LogP) is 3.66. The van der Waals surface area contributed by atoms with Crippen molar-refractivity contribution in [3.63, 3.8) is 0 Å². The van der Waals surface area contributed by atoms with Crippen molar-refractivity contribution < 1.29 is 19.1 Å². The Morgan fingerprint density at radius 2 is 1.77 bits per heavy atom. The van der Waals surface area contributed by atoms with E-state index in [2.05, 4.69) is 19.2 Å². The number of fused-ring (bicyclic) bond motifs is 1. The number of carbonyl (C=O) groups excluding carboxylic acids is 3. The summed E-state index contributed by atoms with van der Waals surface area (Å²) in [7, 11) is 0. The third-order valence-electron chi connectivity index (χ3n) is 5.36. The second kappa shape index (κ2) is 9.64. The van der Waals surface area contributed by atoms with Crippen molar-refractivity contribution >= 4 is 29.1 Å². The number of amides is 3. The highest BCUT2D eigenvalue weighted by molar-refractivity contribution is 6.06. The van der Waals surface area contributed by atoms with Gasteiger partial charge in [-0.05, 0) is 55.7 Å². The van der Waals surface area contributed by atoms with Gasteiger partial charge >= 0.3 is 0 Å². The van der Waals surface area contributed by atoms with Gasteiger partial charge in [-0.2, -0.15) is 0 Å². The van der Waals surface area contributed by atoms with Gasteiger partial charge in [0.2, 0.25) is 5.91 Å². The number of benzene rings is 2. The number of hydrogen-bond acceptors (Lipinski definition) is 4. The first kappa shape index (κ1) is 22.3. The average molecular weight is 424 g/mol. The molecule has 0 radical (unpaired) electrons. The molecule has 1 aliphatic heterocycles. The van der Waals surface area contributed by atoms with Gasteiger partial charge in [0.1, 0.15) is 12.3 Å². The summed E-state index contributed by atoms with van der Waals surface area (Å²) >= 11 is 0. The highest BCUT2D eigenvalue weighted by Crippen LogP contribution is 2.33. The van der Waals surface area contributed by atoms with Gasteiger partial charge in [-0.1, -0.05) is 26.0 Å². The number of anilines is 2.